The molecule has 0 aliphatic carbocycles. The first-order valence-electron chi connectivity index (χ1n) is 4.74. The summed E-state index contributed by atoms with van der Waals surface area (Å²) in [5.74, 6) is -1.11. The quantitative estimate of drug-likeness (QED) is 0.836. The topological polar surface area (TPSA) is 29.5 Å². The number of hydrogen-bond donors (Lipinski definition) is 1. The number of aliphatic hydroxyl groups excluding tert-OH is 1. The molecule has 15 heavy (non-hydrogen) atoms. The minimum absolute atomic E-state index is 0.00306. The molecule has 0 bridgehead atoms. The average Bonchev–Trinajstić information content (AvgIpc) is 2.15. The largest absolute Gasteiger partial charge is 0.497 e. The van der Waals surface area contributed by atoms with E-state index in [1.54, 1.807) is 6.92 Å². The molecular formula is C11H14F2O2. The van der Waals surface area contributed by atoms with Crippen LogP contribution in [0.1, 0.15) is 18.9 Å². The van der Waals surface area contributed by atoms with Crippen LogP contribution in [0.5, 0.6) is 5.75 Å². The Morgan fingerprint density at radius 3 is 2.27 bits per heavy atom. The highest BCUT2D eigenvalue weighted by Crippen LogP contribution is 2.21. The second-order valence-corrected chi connectivity index (χ2v) is 3.46. The van der Waals surface area contributed by atoms with Crippen LogP contribution in [0.4, 0.5) is 8.78 Å². The molecule has 0 spiro atoms. The van der Waals surface area contributed by atoms with E-state index in [9.17, 15) is 8.78 Å². The van der Waals surface area contributed by atoms with Crippen LogP contribution >= 0.6 is 0 Å². The zero-order valence-corrected chi connectivity index (χ0v) is 8.76. The second-order valence-electron chi connectivity index (χ2n) is 3.46. The fourth-order valence-corrected chi connectivity index (χ4v) is 1.29. The molecule has 0 radical (unpaired) electrons. The van der Waals surface area contributed by atoms with E-state index < -0.39 is 17.7 Å². The molecule has 1 aromatic carbocycles. The lowest BCUT2D eigenvalue weighted by atomic mass is 10.1. The highest BCUT2D eigenvalue weighted by Gasteiger charge is 2.12. The molecular weight excluding hydrogens is 202 g/mol. The van der Waals surface area contributed by atoms with Crippen LogP contribution in [-0.2, 0) is 6.42 Å². The maximum atomic E-state index is 13.3. The van der Waals surface area contributed by atoms with Gasteiger partial charge in [0, 0.05) is 17.7 Å². The summed E-state index contributed by atoms with van der Waals surface area (Å²) in [5, 5.41) is 9.03. The van der Waals surface area contributed by atoms with Crippen molar-refractivity contribution in [2.24, 2.45) is 0 Å². The van der Waals surface area contributed by atoms with E-state index in [-0.39, 0.29) is 17.7 Å². The number of ether oxygens (including phenoxy) is 1. The molecule has 0 saturated carbocycles. The number of halogens is 2. The van der Waals surface area contributed by atoms with E-state index in [1.165, 1.54) is 7.11 Å². The number of rotatable bonds is 4. The van der Waals surface area contributed by atoms with Gasteiger partial charge in [-0.25, -0.2) is 8.78 Å². The number of benzene rings is 1. The Morgan fingerprint density at radius 1 is 1.33 bits per heavy atom. The van der Waals surface area contributed by atoms with Gasteiger partial charge < -0.3 is 9.84 Å². The summed E-state index contributed by atoms with van der Waals surface area (Å²) in [6.45, 7) is 1.58. The van der Waals surface area contributed by atoms with Gasteiger partial charge in [0.15, 0.2) is 0 Å². The van der Waals surface area contributed by atoms with Gasteiger partial charge in [-0.1, -0.05) is 0 Å². The predicted molar refractivity (Wildman–Crippen MR) is 52.9 cm³/mol. The Labute approximate surface area is 87.5 Å². The lowest BCUT2D eigenvalue weighted by Crippen LogP contribution is -2.05. The van der Waals surface area contributed by atoms with Gasteiger partial charge in [0.1, 0.15) is 17.4 Å². The highest BCUT2D eigenvalue weighted by molar-refractivity contribution is 5.30. The molecule has 84 valence electrons. The highest BCUT2D eigenvalue weighted by atomic mass is 19.1. The van der Waals surface area contributed by atoms with Gasteiger partial charge in [0.25, 0.3) is 0 Å². The van der Waals surface area contributed by atoms with Crippen LogP contribution in [-0.4, -0.2) is 18.3 Å². The van der Waals surface area contributed by atoms with Crippen molar-refractivity contribution in [3.8, 4) is 5.75 Å². The van der Waals surface area contributed by atoms with Crippen LogP contribution in [0.15, 0.2) is 12.1 Å². The molecule has 0 heterocycles. The summed E-state index contributed by atoms with van der Waals surface area (Å²) in [4.78, 5) is 0. The van der Waals surface area contributed by atoms with E-state index >= 15 is 0 Å². The maximum Gasteiger partial charge on any atom is 0.133 e. The first-order valence-corrected chi connectivity index (χ1v) is 4.74. The molecule has 1 atom stereocenters. The molecule has 0 aromatic heterocycles. The van der Waals surface area contributed by atoms with Gasteiger partial charge in [0.05, 0.1) is 13.2 Å². The molecule has 0 saturated heterocycles. The summed E-state index contributed by atoms with van der Waals surface area (Å²) in [6, 6.07) is 2.28. The van der Waals surface area contributed by atoms with Crippen molar-refractivity contribution in [1.29, 1.82) is 0 Å². The SMILES string of the molecule is COc1cc(F)c(CCC(C)O)c(F)c1. The molecule has 1 unspecified atom stereocenters. The summed E-state index contributed by atoms with van der Waals surface area (Å²) in [6.07, 6.45) is -0.0506. The molecule has 0 fully saturated rings. The van der Waals surface area contributed by atoms with Gasteiger partial charge in [-0.2, -0.15) is 0 Å². The normalized spacial score (nSPS) is 12.6. The van der Waals surface area contributed by atoms with E-state index in [1.807, 2.05) is 0 Å². The number of methoxy groups -OCH3 is 1. The third-order valence-corrected chi connectivity index (χ3v) is 2.16. The molecule has 4 heteroatoms. The third-order valence-electron chi connectivity index (χ3n) is 2.16. The summed E-state index contributed by atoms with van der Waals surface area (Å²) >= 11 is 0. The van der Waals surface area contributed by atoms with Gasteiger partial charge in [-0.3, -0.25) is 0 Å². The predicted octanol–water partition coefficient (Wildman–Crippen LogP) is 2.29. The molecule has 1 rings (SSSR count). The van der Waals surface area contributed by atoms with Crippen molar-refractivity contribution in [3.05, 3.63) is 29.3 Å². The van der Waals surface area contributed by atoms with Crippen molar-refractivity contribution in [1.82, 2.24) is 0 Å². The second kappa shape index (κ2) is 5.07. The molecule has 1 aromatic rings. The lowest BCUT2D eigenvalue weighted by Gasteiger charge is -2.08. The maximum absolute atomic E-state index is 13.3. The Hall–Kier alpha value is -1.16. The Kier molecular flexibility index (Phi) is 4.03. The number of hydrogen-bond acceptors (Lipinski definition) is 2. The van der Waals surface area contributed by atoms with Gasteiger partial charge in [-0.15, -0.1) is 0 Å². The monoisotopic (exact) mass is 216 g/mol. The zero-order chi connectivity index (χ0) is 11.4. The van der Waals surface area contributed by atoms with Crippen LogP contribution in [0.2, 0.25) is 0 Å². The average molecular weight is 216 g/mol. The van der Waals surface area contributed by atoms with Gasteiger partial charge >= 0.3 is 0 Å². The Bertz CT molecular complexity index is 314. The lowest BCUT2D eigenvalue weighted by molar-refractivity contribution is 0.184. The van der Waals surface area contributed by atoms with Crippen molar-refractivity contribution in [2.75, 3.05) is 7.11 Å². The smallest absolute Gasteiger partial charge is 0.133 e. The van der Waals surface area contributed by atoms with Gasteiger partial charge in [-0.05, 0) is 19.8 Å². The van der Waals surface area contributed by atoms with Crippen molar-refractivity contribution < 1.29 is 18.6 Å². The standard InChI is InChI=1S/C11H14F2O2/c1-7(14)3-4-9-10(12)5-8(15-2)6-11(9)13/h5-7,14H,3-4H2,1-2H3. The van der Waals surface area contributed by atoms with Crippen LogP contribution < -0.4 is 4.74 Å². The van der Waals surface area contributed by atoms with Crippen LogP contribution in [0.25, 0.3) is 0 Å². The zero-order valence-electron chi connectivity index (χ0n) is 8.76. The van der Waals surface area contributed by atoms with Crippen molar-refractivity contribution in [3.63, 3.8) is 0 Å². The minimum atomic E-state index is -0.632. The van der Waals surface area contributed by atoms with Gasteiger partial charge in [0.2, 0.25) is 0 Å². The molecule has 2 nitrogen and oxygen atoms in total. The van der Waals surface area contributed by atoms with E-state index in [2.05, 4.69) is 0 Å². The fraction of sp³-hybridized carbons (Fsp3) is 0.455. The first kappa shape index (κ1) is 11.9. The summed E-state index contributed by atoms with van der Waals surface area (Å²) < 4.78 is 31.4. The van der Waals surface area contributed by atoms with Crippen LogP contribution in [0, 0.1) is 11.6 Å². The first-order chi connectivity index (χ1) is 7.04. The molecule has 0 aliphatic rings. The van der Waals surface area contributed by atoms with E-state index in [0.717, 1.165) is 12.1 Å². The minimum Gasteiger partial charge on any atom is -0.497 e. The molecule has 0 aliphatic heterocycles. The summed E-state index contributed by atoms with van der Waals surface area (Å²) in [7, 11) is 1.35. The fourth-order valence-electron chi connectivity index (χ4n) is 1.29. The van der Waals surface area contributed by atoms with Crippen molar-refractivity contribution >= 4 is 0 Å². The van der Waals surface area contributed by atoms with E-state index in [0.29, 0.717) is 6.42 Å². The molecule has 1 N–H and O–H groups in total. The Morgan fingerprint density at radius 2 is 1.87 bits per heavy atom. The number of aliphatic hydroxyl groups is 1. The van der Waals surface area contributed by atoms with Crippen LogP contribution in [0.3, 0.4) is 0 Å². The van der Waals surface area contributed by atoms with E-state index in [4.69, 9.17) is 9.84 Å². The Balaban J connectivity index is 2.88. The van der Waals surface area contributed by atoms with Crippen molar-refractivity contribution in [2.45, 2.75) is 25.9 Å². The third kappa shape index (κ3) is 3.16. The molecule has 0 amide bonds. The summed E-state index contributed by atoms with van der Waals surface area (Å²) in [5.41, 5.74) is -0.00306.